The van der Waals surface area contributed by atoms with Crippen LogP contribution in [-0.4, -0.2) is 46.0 Å². The molecule has 176 valence electrons. The van der Waals surface area contributed by atoms with Gasteiger partial charge in [0.15, 0.2) is 11.5 Å². The van der Waals surface area contributed by atoms with Gasteiger partial charge >= 0.3 is 6.18 Å². The van der Waals surface area contributed by atoms with Crippen molar-refractivity contribution in [3.8, 4) is 17.2 Å². The third-order valence-corrected chi connectivity index (χ3v) is 5.30. The maximum atomic E-state index is 13.3. The average molecular weight is 463 g/mol. The van der Waals surface area contributed by atoms with Gasteiger partial charge in [0.1, 0.15) is 17.0 Å². The van der Waals surface area contributed by atoms with E-state index in [1.807, 2.05) is 0 Å². The Labute approximate surface area is 187 Å². The lowest BCUT2D eigenvalue weighted by molar-refractivity contribution is -0.140. The minimum Gasteiger partial charge on any atom is -0.489 e. The monoisotopic (exact) mass is 463 g/mol. The van der Waals surface area contributed by atoms with Crippen LogP contribution in [0.25, 0.3) is 22.4 Å². The number of hydrogen-bond acceptors (Lipinski definition) is 7. The molecule has 0 radical (unpaired) electrons. The minimum atomic E-state index is -4.62. The van der Waals surface area contributed by atoms with Gasteiger partial charge in [-0.15, -0.1) is 0 Å². The molecule has 0 unspecified atom stereocenters. The molecule has 0 aliphatic carbocycles. The Balaban J connectivity index is 1.83. The second-order valence-electron chi connectivity index (χ2n) is 8.16. The molecule has 1 aliphatic heterocycles. The van der Waals surface area contributed by atoms with Crippen LogP contribution >= 0.6 is 0 Å². The summed E-state index contributed by atoms with van der Waals surface area (Å²) in [6, 6.07) is 5.20. The first-order valence-electron chi connectivity index (χ1n) is 10.5. The summed E-state index contributed by atoms with van der Waals surface area (Å²) in [7, 11) is 0. The van der Waals surface area contributed by atoms with Crippen molar-refractivity contribution < 1.29 is 27.1 Å². The number of amides is 1. The Morgan fingerprint density at radius 3 is 2.64 bits per heavy atom. The summed E-state index contributed by atoms with van der Waals surface area (Å²) in [6.45, 7) is 4.35. The Morgan fingerprint density at radius 1 is 1.27 bits per heavy atom. The number of alkyl halides is 3. The second-order valence-corrected chi connectivity index (χ2v) is 8.16. The molecular formula is C22H24F3N5O3. The van der Waals surface area contributed by atoms with Gasteiger partial charge in [0.05, 0.1) is 12.6 Å². The van der Waals surface area contributed by atoms with Gasteiger partial charge in [-0.1, -0.05) is 0 Å². The maximum Gasteiger partial charge on any atom is 0.433 e. The summed E-state index contributed by atoms with van der Waals surface area (Å²) in [4.78, 5) is 22.7. The zero-order chi connectivity index (χ0) is 23.9. The summed E-state index contributed by atoms with van der Waals surface area (Å²) in [5.41, 5.74) is 11.1. The predicted molar refractivity (Wildman–Crippen MR) is 114 cm³/mol. The van der Waals surface area contributed by atoms with Crippen LogP contribution in [0.15, 0.2) is 28.7 Å². The zero-order valence-electron chi connectivity index (χ0n) is 18.1. The molecule has 4 rings (SSSR count). The number of oxazole rings is 1. The minimum absolute atomic E-state index is 0.0157. The quantitative estimate of drug-likeness (QED) is 0.595. The van der Waals surface area contributed by atoms with E-state index >= 15 is 0 Å². The van der Waals surface area contributed by atoms with E-state index in [1.165, 1.54) is 12.1 Å². The number of nitrogens with two attached hydrogens (primary N) is 2. The maximum absolute atomic E-state index is 13.3. The molecule has 0 saturated carbocycles. The number of nitrogens with zero attached hydrogens (tertiary/aromatic N) is 3. The molecule has 3 aromatic rings. The van der Waals surface area contributed by atoms with Gasteiger partial charge in [-0.2, -0.15) is 13.2 Å². The number of aromatic nitrogens is 2. The van der Waals surface area contributed by atoms with Gasteiger partial charge in [-0.05, 0) is 44.5 Å². The van der Waals surface area contributed by atoms with Gasteiger partial charge in [0.2, 0.25) is 5.89 Å². The van der Waals surface area contributed by atoms with E-state index in [9.17, 15) is 18.0 Å². The van der Waals surface area contributed by atoms with E-state index in [4.69, 9.17) is 20.6 Å². The number of hydrogen-bond donors (Lipinski definition) is 2. The molecule has 1 atom stereocenters. The Hall–Kier alpha value is -3.18. The lowest BCUT2D eigenvalue weighted by Crippen LogP contribution is -2.32. The van der Waals surface area contributed by atoms with E-state index in [1.54, 1.807) is 24.8 Å². The number of benzene rings is 1. The molecule has 1 amide bonds. The van der Waals surface area contributed by atoms with Crippen molar-refractivity contribution in [3.63, 3.8) is 0 Å². The van der Waals surface area contributed by atoms with Crippen molar-refractivity contribution in [1.29, 1.82) is 0 Å². The zero-order valence-corrected chi connectivity index (χ0v) is 18.1. The third kappa shape index (κ3) is 4.51. The van der Waals surface area contributed by atoms with Gasteiger partial charge in [-0.25, -0.2) is 9.97 Å². The second kappa shape index (κ2) is 8.64. The van der Waals surface area contributed by atoms with Crippen molar-refractivity contribution >= 4 is 16.8 Å². The van der Waals surface area contributed by atoms with E-state index in [0.717, 1.165) is 6.07 Å². The Kier molecular flexibility index (Phi) is 6.02. The third-order valence-electron chi connectivity index (χ3n) is 5.30. The van der Waals surface area contributed by atoms with Crippen molar-refractivity contribution in [2.45, 2.75) is 45.1 Å². The smallest absolute Gasteiger partial charge is 0.433 e. The first kappa shape index (κ1) is 23.0. The van der Waals surface area contributed by atoms with Crippen LogP contribution in [0.2, 0.25) is 0 Å². The molecule has 0 spiro atoms. The molecule has 1 aromatic carbocycles. The topological polar surface area (TPSA) is 120 Å². The number of carbonyl (C=O) groups is 1. The first-order valence-corrected chi connectivity index (χ1v) is 10.5. The SMILES string of the molecule is CC(C)Oc1ccc(-c2nc(C(=O)N3CC[C@@H](N)C3)c(CN)o2)c2ccc(C(F)(F)F)nc12. The lowest BCUT2D eigenvalue weighted by atomic mass is 10.1. The van der Waals surface area contributed by atoms with Crippen LogP contribution in [0, 0.1) is 0 Å². The van der Waals surface area contributed by atoms with E-state index < -0.39 is 11.9 Å². The molecule has 0 bridgehead atoms. The fourth-order valence-electron chi connectivity index (χ4n) is 3.78. The summed E-state index contributed by atoms with van der Waals surface area (Å²) >= 11 is 0. The summed E-state index contributed by atoms with van der Waals surface area (Å²) in [6.07, 6.45) is -4.22. The lowest BCUT2D eigenvalue weighted by Gasteiger charge is -2.15. The highest BCUT2D eigenvalue weighted by molar-refractivity contribution is 5.98. The number of fused-ring (bicyclic) bond motifs is 1. The summed E-state index contributed by atoms with van der Waals surface area (Å²) < 4.78 is 51.4. The van der Waals surface area contributed by atoms with Gasteiger partial charge < -0.3 is 25.5 Å². The molecule has 2 aromatic heterocycles. The Bertz CT molecular complexity index is 1190. The van der Waals surface area contributed by atoms with E-state index in [2.05, 4.69) is 9.97 Å². The highest BCUT2D eigenvalue weighted by atomic mass is 19.4. The molecular weight excluding hydrogens is 439 g/mol. The molecule has 1 aliphatic rings. The van der Waals surface area contributed by atoms with Crippen LogP contribution < -0.4 is 16.2 Å². The number of rotatable bonds is 5. The molecule has 11 heteroatoms. The van der Waals surface area contributed by atoms with Crippen molar-refractivity contribution in [2.24, 2.45) is 11.5 Å². The fourth-order valence-corrected chi connectivity index (χ4v) is 3.78. The molecule has 3 heterocycles. The standard InChI is InChI=1S/C22H24F3N5O3/c1-11(2)32-15-5-3-14(13-4-6-17(22(23,24)25)28-18(13)15)20-29-19(16(9-26)33-20)21(31)30-8-7-12(27)10-30/h3-6,11-12H,7-10,26-27H2,1-2H3/t12-/m1/s1. The number of ether oxygens (including phenoxy) is 1. The largest absolute Gasteiger partial charge is 0.489 e. The molecule has 8 nitrogen and oxygen atoms in total. The van der Waals surface area contributed by atoms with E-state index in [0.29, 0.717) is 30.5 Å². The Morgan fingerprint density at radius 2 is 2.03 bits per heavy atom. The van der Waals surface area contributed by atoms with E-state index in [-0.39, 0.29) is 53.2 Å². The van der Waals surface area contributed by atoms with Crippen LogP contribution in [0.3, 0.4) is 0 Å². The van der Waals surface area contributed by atoms with Gasteiger partial charge in [-0.3, -0.25) is 4.79 Å². The predicted octanol–water partition coefficient (Wildman–Crippen LogP) is 3.33. The average Bonchev–Trinajstić information content (AvgIpc) is 3.38. The van der Waals surface area contributed by atoms with Gasteiger partial charge in [0.25, 0.3) is 5.91 Å². The highest BCUT2D eigenvalue weighted by Gasteiger charge is 2.34. The fraction of sp³-hybridized carbons (Fsp3) is 0.409. The number of carbonyl (C=O) groups excluding carboxylic acids is 1. The summed E-state index contributed by atoms with van der Waals surface area (Å²) in [5, 5.41) is 0.341. The normalized spacial score (nSPS) is 16.7. The molecule has 1 fully saturated rings. The van der Waals surface area contributed by atoms with Gasteiger partial charge in [0, 0.05) is 30.1 Å². The van der Waals surface area contributed by atoms with Crippen LogP contribution in [-0.2, 0) is 12.7 Å². The highest BCUT2D eigenvalue weighted by Crippen LogP contribution is 2.37. The van der Waals surface area contributed by atoms with Crippen molar-refractivity contribution in [2.75, 3.05) is 13.1 Å². The number of likely N-dealkylation sites (tertiary alicyclic amines) is 1. The number of halogens is 3. The van der Waals surface area contributed by atoms with Crippen molar-refractivity contribution in [1.82, 2.24) is 14.9 Å². The van der Waals surface area contributed by atoms with Crippen LogP contribution in [0.5, 0.6) is 5.75 Å². The van der Waals surface area contributed by atoms with Crippen molar-refractivity contribution in [3.05, 3.63) is 41.4 Å². The van der Waals surface area contributed by atoms with Crippen LogP contribution in [0.1, 0.15) is 42.2 Å². The molecule has 33 heavy (non-hydrogen) atoms. The van der Waals surface area contributed by atoms with Crippen LogP contribution in [0.4, 0.5) is 13.2 Å². The summed E-state index contributed by atoms with van der Waals surface area (Å²) in [5.74, 6) is 0.0960. The molecule has 4 N–H and O–H groups in total. The molecule has 1 saturated heterocycles. The first-order chi connectivity index (χ1) is 15.6. The number of pyridine rings is 1.